The fourth-order valence-electron chi connectivity index (χ4n) is 2.97. The van der Waals surface area contributed by atoms with Crippen molar-refractivity contribution in [2.24, 2.45) is 5.92 Å². The van der Waals surface area contributed by atoms with Gasteiger partial charge in [-0.15, -0.1) is 25.6 Å². The van der Waals surface area contributed by atoms with Gasteiger partial charge in [0.05, 0.1) is 7.11 Å². The first-order chi connectivity index (χ1) is 9.30. The Morgan fingerprint density at radius 2 is 2.10 bits per heavy atom. The summed E-state index contributed by atoms with van der Waals surface area (Å²) in [7, 11) is 1.75. The molecule has 20 heavy (non-hydrogen) atoms. The predicted octanol–water partition coefficient (Wildman–Crippen LogP) is 3.55. The van der Waals surface area contributed by atoms with E-state index in [0.29, 0.717) is 12.0 Å². The summed E-state index contributed by atoms with van der Waals surface area (Å²) in [5.74, 6) is 1.62. The lowest BCUT2D eigenvalue weighted by Gasteiger charge is -2.34. The van der Waals surface area contributed by atoms with Crippen molar-refractivity contribution < 1.29 is 4.74 Å². The second-order valence-electron chi connectivity index (χ2n) is 5.09. The summed E-state index contributed by atoms with van der Waals surface area (Å²) in [6.07, 6.45) is 7.10. The number of halogens is 1. The second-order valence-corrected chi connectivity index (χ2v) is 5.09. The molecular weight excluding hydrogens is 270 g/mol. The van der Waals surface area contributed by atoms with Gasteiger partial charge in [0.2, 0.25) is 0 Å². The molecule has 0 heterocycles. The zero-order valence-corrected chi connectivity index (χ0v) is 12.9. The molecule has 3 heteroatoms. The van der Waals surface area contributed by atoms with Gasteiger partial charge < -0.3 is 10.1 Å². The lowest BCUT2D eigenvalue weighted by atomic mass is 9.78. The van der Waals surface area contributed by atoms with Crippen molar-refractivity contribution in [3.63, 3.8) is 0 Å². The van der Waals surface area contributed by atoms with E-state index in [2.05, 4.69) is 36.7 Å². The monoisotopic (exact) mass is 293 g/mol. The molecule has 1 N–H and O–H groups in total. The topological polar surface area (TPSA) is 21.3 Å². The molecule has 2 nitrogen and oxygen atoms in total. The summed E-state index contributed by atoms with van der Waals surface area (Å²) >= 11 is 0. The molecule has 1 aromatic rings. The highest BCUT2D eigenvalue weighted by Crippen LogP contribution is 2.33. The predicted molar refractivity (Wildman–Crippen MR) is 87.9 cm³/mol. The van der Waals surface area contributed by atoms with Crippen molar-refractivity contribution in [3.05, 3.63) is 54.6 Å². The van der Waals surface area contributed by atoms with Crippen LogP contribution in [0, 0.1) is 5.92 Å². The largest absolute Gasteiger partial charge is 0.496 e. The second kappa shape index (κ2) is 8.13. The van der Waals surface area contributed by atoms with Gasteiger partial charge in [0.1, 0.15) is 5.75 Å². The van der Waals surface area contributed by atoms with Gasteiger partial charge in [0.15, 0.2) is 0 Å². The van der Waals surface area contributed by atoms with Crippen LogP contribution in [0.4, 0.5) is 0 Å². The summed E-state index contributed by atoms with van der Waals surface area (Å²) in [6.45, 7) is 8.52. The molecule has 0 fully saturated rings. The van der Waals surface area contributed by atoms with E-state index in [4.69, 9.17) is 4.74 Å². The van der Waals surface area contributed by atoms with E-state index in [1.54, 1.807) is 7.11 Å². The fourth-order valence-corrected chi connectivity index (χ4v) is 2.97. The van der Waals surface area contributed by atoms with Gasteiger partial charge in [-0.2, -0.15) is 0 Å². The first-order valence-electron chi connectivity index (χ1n) is 6.90. The number of benzene rings is 1. The number of allylic oxidation sites excluding steroid dienone is 1. The average molecular weight is 294 g/mol. The number of ether oxygens (including phenoxy) is 1. The summed E-state index contributed by atoms with van der Waals surface area (Å²) < 4.78 is 5.49. The molecule has 1 aliphatic rings. The molecular formula is C17H24ClNO. The van der Waals surface area contributed by atoms with Crippen LogP contribution in [0.5, 0.6) is 5.75 Å². The van der Waals surface area contributed by atoms with Crippen molar-refractivity contribution >= 4 is 12.4 Å². The maximum Gasteiger partial charge on any atom is 0.122 e. The van der Waals surface area contributed by atoms with E-state index in [0.717, 1.165) is 31.6 Å². The summed E-state index contributed by atoms with van der Waals surface area (Å²) in [6, 6.07) is 6.83. The molecule has 1 aliphatic carbocycles. The third-order valence-corrected chi connectivity index (χ3v) is 3.92. The zero-order chi connectivity index (χ0) is 13.7. The SMILES string of the molecule is C=CCN[C@@H]1Cc2c(cccc2OC)C[C@H]1CC=C.Cl. The molecule has 0 saturated heterocycles. The Morgan fingerprint density at radius 1 is 1.30 bits per heavy atom. The van der Waals surface area contributed by atoms with Crippen LogP contribution in [-0.2, 0) is 12.8 Å². The molecule has 0 bridgehead atoms. The quantitative estimate of drug-likeness (QED) is 0.810. The highest BCUT2D eigenvalue weighted by molar-refractivity contribution is 5.85. The van der Waals surface area contributed by atoms with Crippen molar-refractivity contribution in [1.29, 1.82) is 0 Å². The number of hydrogen-bond donors (Lipinski definition) is 1. The normalized spacial score (nSPS) is 20.4. The van der Waals surface area contributed by atoms with Crippen LogP contribution in [0.2, 0.25) is 0 Å². The van der Waals surface area contributed by atoms with Gasteiger partial charge >= 0.3 is 0 Å². The van der Waals surface area contributed by atoms with Crippen LogP contribution in [-0.4, -0.2) is 19.7 Å². The van der Waals surface area contributed by atoms with Crippen LogP contribution in [0.3, 0.4) is 0 Å². The summed E-state index contributed by atoms with van der Waals surface area (Å²) in [4.78, 5) is 0. The minimum Gasteiger partial charge on any atom is -0.496 e. The van der Waals surface area contributed by atoms with E-state index in [1.165, 1.54) is 11.1 Å². The Labute approximate surface area is 128 Å². The van der Waals surface area contributed by atoms with Crippen LogP contribution in [0.15, 0.2) is 43.5 Å². The molecule has 1 aromatic carbocycles. The number of nitrogens with one attached hydrogen (secondary N) is 1. The Balaban J connectivity index is 0.00000200. The molecule has 0 saturated carbocycles. The van der Waals surface area contributed by atoms with E-state index in [1.807, 2.05) is 12.2 Å². The average Bonchev–Trinajstić information content (AvgIpc) is 2.44. The maximum absolute atomic E-state index is 5.49. The lowest BCUT2D eigenvalue weighted by molar-refractivity contribution is 0.331. The molecule has 0 unspecified atom stereocenters. The van der Waals surface area contributed by atoms with Crippen molar-refractivity contribution in [2.75, 3.05) is 13.7 Å². The number of fused-ring (bicyclic) bond motifs is 1. The van der Waals surface area contributed by atoms with Gasteiger partial charge in [0, 0.05) is 12.6 Å². The van der Waals surface area contributed by atoms with Gasteiger partial charge in [-0.25, -0.2) is 0 Å². The van der Waals surface area contributed by atoms with Crippen LogP contribution >= 0.6 is 12.4 Å². The van der Waals surface area contributed by atoms with Crippen molar-refractivity contribution in [3.8, 4) is 5.75 Å². The minimum absolute atomic E-state index is 0. The van der Waals surface area contributed by atoms with Crippen LogP contribution in [0.25, 0.3) is 0 Å². The first-order valence-corrected chi connectivity index (χ1v) is 6.90. The Bertz CT molecular complexity index is 458. The van der Waals surface area contributed by atoms with Gasteiger partial charge in [-0.05, 0) is 42.4 Å². The molecule has 2 rings (SSSR count). The Kier molecular flexibility index (Phi) is 6.83. The Hall–Kier alpha value is -1.25. The highest BCUT2D eigenvalue weighted by atomic mass is 35.5. The maximum atomic E-state index is 5.49. The van der Waals surface area contributed by atoms with Crippen molar-refractivity contribution in [1.82, 2.24) is 5.32 Å². The van der Waals surface area contributed by atoms with Gasteiger partial charge in [-0.3, -0.25) is 0 Å². The first kappa shape index (κ1) is 16.8. The molecule has 0 aliphatic heterocycles. The van der Waals surface area contributed by atoms with Gasteiger partial charge in [-0.1, -0.05) is 24.3 Å². The molecule has 110 valence electrons. The summed E-state index contributed by atoms with van der Waals surface area (Å²) in [5, 5.41) is 3.58. The van der Waals surface area contributed by atoms with Crippen LogP contribution in [0.1, 0.15) is 17.5 Å². The molecule has 0 spiro atoms. The van der Waals surface area contributed by atoms with E-state index >= 15 is 0 Å². The fraction of sp³-hybridized carbons (Fsp3) is 0.412. The number of rotatable bonds is 6. The smallest absolute Gasteiger partial charge is 0.122 e. The van der Waals surface area contributed by atoms with Crippen molar-refractivity contribution in [2.45, 2.75) is 25.3 Å². The number of hydrogen-bond acceptors (Lipinski definition) is 2. The van der Waals surface area contributed by atoms with Gasteiger partial charge in [0.25, 0.3) is 0 Å². The van der Waals surface area contributed by atoms with E-state index < -0.39 is 0 Å². The highest BCUT2D eigenvalue weighted by Gasteiger charge is 2.28. The number of methoxy groups -OCH3 is 1. The molecule has 0 radical (unpaired) electrons. The Morgan fingerprint density at radius 3 is 2.75 bits per heavy atom. The third-order valence-electron chi connectivity index (χ3n) is 3.92. The van der Waals surface area contributed by atoms with Crippen LogP contribution < -0.4 is 10.1 Å². The minimum atomic E-state index is 0. The molecule has 2 atom stereocenters. The van der Waals surface area contributed by atoms with E-state index in [9.17, 15) is 0 Å². The molecule has 0 aromatic heterocycles. The zero-order valence-electron chi connectivity index (χ0n) is 12.1. The molecule has 0 amide bonds. The summed E-state index contributed by atoms with van der Waals surface area (Å²) in [5.41, 5.74) is 2.77. The third kappa shape index (κ3) is 3.65. The lowest BCUT2D eigenvalue weighted by Crippen LogP contribution is -2.42. The standard InChI is InChI=1S/C17H23NO.ClH/c1-4-7-14-11-13-8-6-9-17(19-3)15(13)12-16(14)18-10-5-2;/h4-6,8-9,14,16,18H,1-2,7,10-12H2,3H3;1H/t14-,16-;/m1./s1. The van der Waals surface area contributed by atoms with E-state index in [-0.39, 0.29) is 12.4 Å².